The first-order valence-corrected chi connectivity index (χ1v) is 5.60. The zero-order valence-electron chi connectivity index (χ0n) is 9.60. The summed E-state index contributed by atoms with van der Waals surface area (Å²) < 4.78 is 6.05. The average Bonchev–Trinajstić information content (AvgIpc) is 2.30. The molecular weight excluding hydrogens is 220 g/mol. The Balaban J connectivity index is 2.33. The molecule has 0 aliphatic rings. The van der Waals surface area contributed by atoms with Gasteiger partial charge in [-0.2, -0.15) is 4.73 Å². The van der Waals surface area contributed by atoms with E-state index < -0.39 is 5.56 Å². The Morgan fingerprint density at radius 2 is 2.29 bits per heavy atom. The zero-order valence-corrected chi connectivity index (χ0v) is 9.60. The quantitative estimate of drug-likeness (QED) is 0.493. The molecule has 1 aromatic carbocycles. The lowest BCUT2D eigenvalue weighted by atomic mass is 10.3. The number of nitrogens with one attached hydrogen (secondary N) is 1. The fourth-order valence-electron chi connectivity index (χ4n) is 1.56. The second kappa shape index (κ2) is 4.86. The maximum atomic E-state index is 11.5. The Labute approximate surface area is 98.2 Å². The van der Waals surface area contributed by atoms with E-state index in [9.17, 15) is 10.0 Å². The number of benzene rings is 1. The molecule has 1 heterocycles. The van der Waals surface area contributed by atoms with Crippen molar-refractivity contribution in [2.24, 2.45) is 0 Å². The molecule has 0 saturated heterocycles. The van der Waals surface area contributed by atoms with Gasteiger partial charge >= 0.3 is 5.56 Å². The first-order valence-electron chi connectivity index (χ1n) is 5.60. The molecule has 1 N–H and O–H groups in total. The van der Waals surface area contributed by atoms with Crippen molar-refractivity contribution in [2.45, 2.75) is 19.8 Å². The van der Waals surface area contributed by atoms with E-state index in [2.05, 4.69) is 11.9 Å². The van der Waals surface area contributed by atoms with Gasteiger partial charge in [0.1, 0.15) is 11.3 Å². The number of hydrogen-bond acceptors (Lipinski definition) is 3. The van der Waals surface area contributed by atoms with Crippen molar-refractivity contribution < 1.29 is 9.47 Å². The van der Waals surface area contributed by atoms with Crippen LogP contribution >= 0.6 is 0 Å². The third-order valence-electron chi connectivity index (χ3n) is 2.47. The summed E-state index contributed by atoms with van der Waals surface area (Å²) in [7, 11) is 0. The summed E-state index contributed by atoms with van der Waals surface area (Å²) in [4.78, 5) is 13.7. The number of fused-ring (bicyclic) bond motifs is 1. The highest BCUT2D eigenvalue weighted by Gasteiger charge is 2.07. The summed E-state index contributed by atoms with van der Waals surface area (Å²) in [6.45, 7) is 2.71. The summed E-state index contributed by atoms with van der Waals surface area (Å²) in [5, 5.41) is 11.5. The molecule has 5 heteroatoms. The smallest absolute Gasteiger partial charge is 0.314 e. The molecule has 0 aliphatic heterocycles. The minimum absolute atomic E-state index is 0.401. The third-order valence-corrected chi connectivity index (χ3v) is 2.47. The van der Waals surface area contributed by atoms with Gasteiger partial charge in [0.25, 0.3) is 0 Å². The van der Waals surface area contributed by atoms with Crippen LogP contribution < -0.4 is 15.0 Å². The van der Waals surface area contributed by atoms with Crippen molar-refractivity contribution in [1.29, 1.82) is 0 Å². The number of aromatic amines is 1. The van der Waals surface area contributed by atoms with Crippen molar-refractivity contribution in [3.63, 3.8) is 0 Å². The van der Waals surface area contributed by atoms with E-state index in [0.717, 1.165) is 19.0 Å². The molecule has 0 atom stereocenters. The summed E-state index contributed by atoms with van der Waals surface area (Å²) >= 11 is 0. The van der Waals surface area contributed by atoms with Crippen molar-refractivity contribution in [3.05, 3.63) is 40.0 Å². The second-order valence-electron chi connectivity index (χ2n) is 3.83. The fraction of sp³-hybridized carbons (Fsp3) is 0.333. The molecule has 0 radical (unpaired) electrons. The van der Waals surface area contributed by atoms with E-state index in [1.54, 1.807) is 18.2 Å². The Kier molecular flexibility index (Phi) is 3.27. The monoisotopic (exact) mass is 234 g/mol. The average molecular weight is 234 g/mol. The molecule has 17 heavy (non-hydrogen) atoms. The number of rotatable bonds is 4. The minimum atomic E-state index is -0.410. The van der Waals surface area contributed by atoms with Gasteiger partial charge in [0, 0.05) is 0 Å². The maximum absolute atomic E-state index is 11.5. The summed E-state index contributed by atoms with van der Waals surface area (Å²) in [6.07, 6.45) is 3.00. The van der Waals surface area contributed by atoms with E-state index in [0.29, 0.717) is 28.1 Å². The Morgan fingerprint density at radius 3 is 3.06 bits per heavy atom. The highest BCUT2D eigenvalue weighted by atomic mass is 16.5. The van der Waals surface area contributed by atoms with Gasteiger partial charge in [0.2, 0.25) is 11.7 Å². The SMILES string of the molecule is CCCCOc1ccc2[nH]c(=O)c[n+]([O-])c2c1. The minimum Gasteiger partial charge on any atom is -0.618 e. The molecule has 0 fully saturated rings. The van der Waals surface area contributed by atoms with Gasteiger partial charge in [-0.3, -0.25) is 4.79 Å². The van der Waals surface area contributed by atoms with Crippen LogP contribution in [-0.2, 0) is 0 Å². The van der Waals surface area contributed by atoms with Crippen LogP contribution in [0.4, 0.5) is 0 Å². The lowest BCUT2D eigenvalue weighted by Gasteiger charge is -2.06. The van der Waals surface area contributed by atoms with Crippen LogP contribution in [0.25, 0.3) is 11.0 Å². The first kappa shape index (κ1) is 11.4. The molecule has 0 amide bonds. The molecule has 0 saturated carbocycles. The van der Waals surface area contributed by atoms with Crippen molar-refractivity contribution in [3.8, 4) is 5.75 Å². The van der Waals surface area contributed by atoms with E-state index >= 15 is 0 Å². The van der Waals surface area contributed by atoms with E-state index in [1.807, 2.05) is 0 Å². The van der Waals surface area contributed by atoms with Gasteiger partial charge in [-0.25, -0.2) is 0 Å². The van der Waals surface area contributed by atoms with E-state index in [1.165, 1.54) is 0 Å². The van der Waals surface area contributed by atoms with Crippen LogP contribution in [0, 0.1) is 5.21 Å². The van der Waals surface area contributed by atoms with Crippen molar-refractivity contribution >= 4 is 11.0 Å². The van der Waals surface area contributed by atoms with Crippen LogP contribution in [-0.4, -0.2) is 11.6 Å². The topological polar surface area (TPSA) is 69.0 Å². The summed E-state index contributed by atoms with van der Waals surface area (Å²) in [5.41, 5.74) is 0.501. The van der Waals surface area contributed by atoms with Gasteiger partial charge in [-0.15, -0.1) is 0 Å². The molecule has 1 aromatic heterocycles. The van der Waals surface area contributed by atoms with Crippen LogP contribution in [0.3, 0.4) is 0 Å². The lowest BCUT2D eigenvalue weighted by molar-refractivity contribution is -0.578. The predicted molar refractivity (Wildman–Crippen MR) is 63.9 cm³/mol. The van der Waals surface area contributed by atoms with Gasteiger partial charge in [0.05, 0.1) is 12.7 Å². The third kappa shape index (κ3) is 2.55. The highest BCUT2D eigenvalue weighted by Crippen LogP contribution is 2.16. The number of nitrogens with zero attached hydrogens (tertiary/aromatic N) is 1. The lowest BCUT2D eigenvalue weighted by Crippen LogP contribution is -2.32. The van der Waals surface area contributed by atoms with Crippen LogP contribution in [0.15, 0.2) is 29.2 Å². The highest BCUT2D eigenvalue weighted by molar-refractivity contribution is 5.72. The molecule has 90 valence electrons. The van der Waals surface area contributed by atoms with Crippen LogP contribution in [0.5, 0.6) is 5.75 Å². The molecular formula is C12H14N2O3. The molecule has 2 aromatic rings. The number of aromatic nitrogens is 2. The summed E-state index contributed by atoms with van der Waals surface area (Å²) in [6, 6.07) is 5.05. The number of ether oxygens (including phenoxy) is 1. The van der Waals surface area contributed by atoms with Crippen molar-refractivity contribution in [1.82, 2.24) is 4.98 Å². The molecule has 0 aliphatic carbocycles. The van der Waals surface area contributed by atoms with Gasteiger partial charge < -0.3 is 14.9 Å². The Morgan fingerprint density at radius 1 is 1.47 bits per heavy atom. The normalized spacial score (nSPS) is 10.6. The molecule has 5 nitrogen and oxygen atoms in total. The summed E-state index contributed by atoms with van der Waals surface area (Å²) in [5.74, 6) is 0.641. The van der Waals surface area contributed by atoms with E-state index in [-0.39, 0.29) is 0 Å². The number of H-pyrrole nitrogens is 1. The van der Waals surface area contributed by atoms with Crippen LogP contribution in [0.1, 0.15) is 19.8 Å². The zero-order chi connectivity index (χ0) is 12.3. The number of unbranched alkanes of at least 4 members (excludes halogenated alkanes) is 1. The second-order valence-corrected chi connectivity index (χ2v) is 3.83. The van der Waals surface area contributed by atoms with Crippen LogP contribution in [0.2, 0.25) is 0 Å². The number of hydrogen-bond donors (Lipinski definition) is 1. The first-order chi connectivity index (χ1) is 8.20. The molecule has 2 rings (SSSR count). The predicted octanol–water partition coefficient (Wildman–Crippen LogP) is 1.34. The van der Waals surface area contributed by atoms with Gasteiger partial charge in [-0.1, -0.05) is 13.3 Å². The maximum Gasteiger partial charge on any atom is 0.314 e. The van der Waals surface area contributed by atoms with Crippen molar-refractivity contribution in [2.75, 3.05) is 6.61 Å². The van der Waals surface area contributed by atoms with Gasteiger partial charge in [-0.05, 0) is 18.6 Å². The van der Waals surface area contributed by atoms with Gasteiger partial charge in [0.15, 0.2) is 0 Å². The molecule has 0 spiro atoms. The van der Waals surface area contributed by atoms with E-state index in [4.69, 9.17) is 4.74 Å². The Hall–Kier alpha value is -2.04. The fourth-order valence-corrected chi connectivity index (χ4v) is 1.56. The standard InChI is InChI=1S/C12H14N2O3/c1-2-3-6-17-9-4-5-10-11(7-9)14(16)8-12(15)13-10/h4-5,7-8H,2-3,6H2,1H3,(H,13,15). The largest absolute Gasteiger partial charge is 0.618 e. The molecule has 0 unspecified atom stereocenters. The molecule has 0 bridgehead atoms. The Bertz CT molecular complexity index is 577.